The molecule has 0 aromatic heterocycles. The van der Waals surface area contributed by atoms with E-state index in [-0.39, 0.29) is 6.15 Å². The Morgan fingerprint density at radius 2 is 2.00 bits per heavy atom. The van der Waals surface area contributed by atoms with Gasteiger partial charge in [0.05, 0.1) is 5.97 Å². The lowest BCUT2D eigenvalue weighted by Crippen LogP contribution is -2.42. The number of carbonyl (C=O) groups is 1. The summed E-state index contributed by atoms with van der Waals surface area (Å²) in [6, 6.07) is -0.801. The number of quaternary nitrogens is 1. The van der Waals surface area contributed by atoms with Gasteiger partial charge in [0, 0.05) is 6.04 Å². The molecule has 6 N–H and O–H groups in total. The molecule has 0 unspecified atom stereocenters. The number of rotatable bonds is 3. The van der Waals surface area contributed by atoms with Crippen LogP contribution in [0.5, 0.6) is 0 Å². The number of aliphatic carboxylic acids is 1. The Kier molecular flexibility index (Phi) is 6.29. The molecule has 1 atom stereocenters. The van der Waals surface area contributed by atoms with Crippen LogP contribution in [0, 0.1) is 5.92 Å². The molecule has 0 aliphatic carbocycles. The van der Waals surface area contributed by atoms with Crippen LogP contribution in [-0.2, 0) is 4.79 Å². The molecule has 0 spiro atoms. The first-order chi connectivity index (χ1) is 4.04. The summed E-state index contributed by atoms with van der Waals surface area (Å²) in [5, 5.41) is 10.00. The summed E-state index contributed by atoms with van der Waals surface area (Å²) in [5.74, 6) is -0.846. The fourth-order valence-electron chi connectivity index (χ4n) is 0.604. The molecule has 0 aromatic carbocycles. The number of carboxylic acids is 1. The van der Waals surface area contributed by atoms with Crippen LogP contribution in [0.1, 0.15) is 20.3 Å². The minimum absolute atomic E-state index is 0. The topological polar surface area (TPSA) is 103 Å². The van der Waals surface area contributed by atoms with Crippen LogP contribution in [0.15, 0.2) is 0 Å². The lowest BCUT2D eigenvalue weighted by molar-refractivity contribution is -0.307. The lowest BCUT2D eigenvalue weighted by atomic mass is 10.1. The van der Waals surface area contributed by atoms with E-state index in [0.717, 1.165) is 0 Å². The number of nitrogens with two attached hydrogens (primary N) is 1. The van der Waals surface area contributed by atoms with Gasteiger partial charge in [-0.1, -0.05) is 13.8 Å². The number of carboxylic acid groups (broad SMARTS) is 1. The van der Waals surface area contributed by atoms with E-state index < -0.39 is 12.0 Å². The van der Waals surface area contributed by atoms with Crippen LogP contribution in [0.4, 0.5) is 0 Å². The molecule has 10 heavy (non-hydrogen) atoms. The van der Waals surface area contributed by atoms with Gasteiger partial charge in [0.25, 0.3) is 0 Å². The summed E-state index contributed by atoms with van der Waals surface area (Å²) >= 11 is 0. The third kappa shape index (κ3) is 5.53. The molecule has 0 heterocycles. The zero-order valence-electron chi connectivity index (χ0n) is 6.76. The van der Waals surface area contributed by atoms with E-state index in [1.54, 1.807) is 0 Å². The molecule has 62 valence electrons. The van der Waals surface area contributed by atoms with Crippen molar-refractivity contribution in [3.8, 4) is 0 Å². The van der Waals surface area contributed by atoms with Gasteiger partial charge in [0.15, 0.2) is 0 Å². The Hall–Kier alpha value is -0.610. The highest BCUT2D eigenvalue weighted by Gasteiger charge is 2.04. The molecule has 0 bridgehead atoms. The van der Waals surface area contributed by atoms with Crippen LogP contribution in [-0.4, -0.2) is 12.0 Å². The largest absolute Gasteiger partial charge is 0.548 e. The van der Waals surface area contributed by atoms with E-state index >= 15 is 0 Å². The van der Waals surface area contributed by atoms with Crippen molar-refractivity contribution in [3.63, 3.8) is 0 Å². The van der Waals surface area contributed by atoms with Crippen molar-refractivity contribution in [1.82, 2.24) is 6.15 Å². The predicted molar refractivity (Wildman–Crippen MR) is 38.4 cm³/mol. The average molecular weight is 148 g/mol. The first-order valence-corrected chi connectivity index (χ1v) is 3.00. The summed E-state index contributed by atoms with van der Waals surface area (Å²) in [4.78, 5) is 10.00. The zero-order chi connectivity index (χ0) is 7.44. The van der Waals surface area contributed by atoms with E-state index in [9.17, 15) is 9.90 Å². The summed E-state index contributed by atoms with van der Waals surface area (Å²) < 4.78 is 0. The highest BCUT2D eigenvalue weighted by Crippen LogP contribution is 2.00. The van der Waals surface area contributed by atoms with E-state index in [2.05, 4.69) is 0 Å². The third-order valence-corrected chi connectivity index (χ3v) is 1.03. The maximum Gasteiger partial charge on any atom is 0.0582 e. The molecule has 0 saturated heterocycles. The Balaban J connectivity index is 0. The van der Waals surface area contributed by atoms with Crippen molar-refractivity contribution in [2.75, 3.05) is 0 Å². The molecule has 4 heteroatoms. The van der Waals surface area contributed by atoms with E-state index in [1.165, 1.54) is 0 Å². The minimum Gasteiger partial charge on any atom is -0.548 e. The van der Waals surface area contributed by atoms with Crippen LogP contribution in [0.3, 0.4) is 0 Å². The van der Waals surface area contributed by atoms with Gasteiger partial charge in [0.1, 0.15) is 0 Å². The molecule has 4 nitrogen and oxygen atoms in total. The van der Waals surface area contributed by atoms with Gasteiger partial charge >= 0.3 is 0 Å². The molecule has 0 aliphatic rings. The van der Waals surface area contributed by atoms with Crippen molar-refractivity contribution in [2.45, 2.75) is 26.3 Å². The van der Waals surface area contributed by atoms with Crippen molar-refractivity contribution < 1.29 is 9.90 Å². The monoisotopic (exact) mass is 148 g/mol. The molecule has 0 amide bonds. The summed E-state index contributed by atoms with van der Waals surface area (Å²) in [6.45, 7) is 3.84. The first-order valence-electron chi connectivity index (χ1n) is 3.00. The normalized spacial score (nSPS) is 12.4. The van der Waals surface area contributed by atoms with Crippen LogP contribution >= 0.6 is 0 Å². The van der Waals surface area contributed by atoms with Crippen LogP contribution in [0.2, 0.25) is 0 Å². The second-order valence-electron chi connectivity index (χ2n) is 2.56. The lowest BCUT2D eigenvalue weighted by Gasteiger charge is -2.13. The first kappa shape index (κ1) is 12.1. The fourth-order valence-corrected chi connectivity index (χ4v) is 0.604. The molecule has 0 fully saturated rings. The highest BCUT2D eigenvalue weighted by atomic mass is 16.4. The van der Waals surface area contributed by atoms with Gasteiger partial charge < -0.3 is 21.8 Å². The van der Waals surface area contributed by atoms with Gasteiger partial charge in [-0.25, -0.2) is 0 Å². The fraction of sp³-hybridized carbons (Fsp3) is 0.833. The average Bonchev–Trinajstić information content (AvgIpc) is 1.63. The molecule has 0 saturated carbocycles. The highest BCUT2D eigenvalue weighted by molar-refractivity contribution is 5.70. The Labute approximate surface area is 61.0 Å². The van der Waals surface area contributed by atoms with Crippen molar-refractivity contribution in [3.05, 3.63) is 0 Å². The van der Waals surface area contributed by atoms with Gasteiger partial charge in [-0.2, -0.15) is 0 Å². The standard InChI is InChI=1S/C6H13NO2.H3N/c1-4(2)3-5(7)6(8)9;/h4-5H,3,7H2,1-2H3,(H,8,9);1H3/t5-;/m0./s1. The second-order valence-corrected chi connectivity index (χ2v) is 2.56. The molecule has 0 aliphatic heterocycles. The minimum atomic E-state index is -1.16. The Bertz CT molecular complexity index is 104. The van der Waals surface area contributed by atoms with E-state index in [4.69, 9.17) is 5.73 Å². The second kappa shape index (κ2) is 5.20. The Morgan fingerprint density at radius 1 is 1.60 bits per heavy atom. The van der Waals surface area contributed by atoms with E-state index in [1.807, 2.05) is 13.8 Å². The molecule has 0 radical (unpaired) electrons. The Morgan fingerprint density at radius 3 is 2.10 bits per heavy atom. The maximum atomic E-state index is 10.00. The smallest absolute Gasteiger partial charge is 0.0582 e. The molecule has 0 rings (SSSR count). The quantitative estimate of drug-likeness (QED) is 0.563. The third-order valence-electron chi connectivity index (χ3n) is 1.03. The van der Waals surface area contributed by atoms with E-state index in [0.29, 0.717) is 12.3 Å². The number of carbonyl (C=O) groups excluding carboxylic acids is 1. The van der Waals surface area contributed by atoms with Gasteiger partial charge in [0.2, 0.25) is 0 Å². The number of hydrogen-bond acceptors (Lipinski definition) is 3. The number of hydrogen-bond donors (Lipinski definition) is 2. The summed E-state index contributed by atoms with van der Waals surface area (Å²) in [7, 11) is 0. The van der Waals surface area contributed by atoms with Crippen molar-refractivity contribution in [1.29, 1.82) is 0 Å². The molecular formula is C6H16N2O2. The van der Waals surface area contributed by atoms with Gasteiger partial charge in [-0.3, -0.25) is 0 Å². The molecule has 0 aromatic rings. The van der Waals surface area contributed by atoms with Crippen molar-refractivity contribution >= 4 is 5.97 Å². The van der Waals surface area contributed by atoms with Gasteiger partial charge in [-0.05, 0) is 12.3 Å². The van der Waals surface area contributed by atoms with Crippen molar-refractivity contribution in [2.24, 2.45) is 11.7 Å². The zero-order valence-corrected chi connectivity index (χ0v) is 6.76. The van der Waals surface area contributed by atoms with Crippen LogP contribution in [0.25, 0.3) is 0 Å². The predicted octanol–water partition coefficient (Wildman–Crippen LogP) is -0.514. The summed E-state index contributed by atoms with van der Waals surface area (Å²) in [5.41, 5.74) is 5.16. The maximum absolute atomic E-state index is 10.00. The van der Waals surface area contributed by atoms with Gasteiger partial charge in [-0.15, -0.1) is 0 Å². The van der Waals surface area contributed by atoms with Crippen LogP contribution < -0.4 is 17.0 Å². The summed E-state index contributed by atoms with van der Waals surface area (Å²) in [6.07, 6.45) is 0.488. The SMILES string of the molecule is CC(C)C[C@H](N)C(=O)[O-].[NH4+]. The molecular weight excluding hydrogens is 132 g/mol.